The van der Waals surface area contributed by atoms with Gasteiger partial charge in [-0.05, 0) is 63.8 Å². The SMILES string of the molecule is CCC(C)(C)NS(=O)(=O)c1ccc(C=Cc2onc(C)c2NC(=O)C2CC2)cc1. The normalized spacial score (nSPS) is 15.0. The van der Waals surface area contributed by atoms with Crippen molar-refractivity contribution in [2.75, 3.05) is 5.32 Å². The molecule has 2 N–H and O–H groups in total. The maximum absolute atomic E-state index is 12.5. The van der Waals surface area contributed by atoms with Gasteiger partial charge in [-0.25, -0.2) is 13.1 Å². The van der Waals surface area contributed by atoms with Crippen LogP contribution in [0.25, 0.3) is 12.2 Å². The first-order valence-electron chi connectivity index (χ1n) is 9.70. The molecule has 1 aliphatic carbocycles. The van der Waals surface area contributed by atoms with Crippen molar-refractivity contribution in [1.82, 2.24) is 9.88 Å². The van der Waals surface area contributed by atoms with E-state index in [0.717, 1.165) is 18.4 Å². The maximum atomic E-state index is 12.5. The zero-order chi connectivity index (χ0) is 21.2. The van der Waals surface area contributed by atoms with E-state index >= 15 is 0 Å². The number of anilines is 1. The van der Waals surface area contributed by atoms with Gasteiger partial charge in [0.2, 0.25) is 15.9 Å². The molecule has 1 aromatic heterocycles. The van der Waals surface area contributed by atoms with Gasteiger partial charge in [0.05, 0.1) is 4.90 Å². The van der Waals surface area contributed by atoms with E-state index in [1.54, 1.807) is 43.3 Å². The smallest absolute Gasteiger partial charge is 0.241 e. The second-order valence-electron chi connectivity index (χ2n) is 8.02. The van der Waals surface area contributed by atoms with Gasteiger partial charge in [0.15, 0.2) is 5.76 Å². The van der Waals surface area contributed by atoms with Crippen LogP contribution in [0.15, 0.2) is 33.7 Å². The van der Waals surface area contributed by atoms with Crippen molar-refractivity contribution in [1.29, 1.82) is 0 Å². The highest BCUT2D eigenvalue weighted by Crippen LogP contribution is 2.32. The Morgan fingerprint density at radius 3 is 2.48 bits per heavy atom. The Bertz CT molecular complexity index is 1020. The van der Waals surface area contributed by atoms with E-state index in [9.17, 15) is 13.2 Å². The fourth-order valence-corrected chi connectivity index (χ4v) is 4.13. The third-order valence-electron chi connectivity index (χ3n) is 5.00. The summed E-state index contributed by atoms with van der Waals surface area (Å²) < 4.78 is 33.0. The van der Waals surface area contributed by atoms with Crippen molar-refractivity contribution in [3.63, 3.8) is 0 Å². The predicted octanol–water partition coefficient (Wildman–Crippen LogP) is 3.97. The van der Waals surface area contributed by atoms with Gasteiger partial charge >= 0.3 is 0 Å². The van der Waals surface area contributed by atoms with Crippen LogP contribution in [0.2, 0.25) is 0 Å². The average molecular weight is 418 g/mol. The largest absolute Gasteiger partial charge is 0.354 e. The summed E-state index contributed by atoms with van der Waals surface area (Å²) in [6, 6.07) is 6.57. The quantitative estimate of drug-likeness (QED) is 0.677. The van der Waals surface area contributed by atoms with Crippen LogP contribution in [-0.2, 0) is 14.8 Å². The molecule has 1 saturated carbocycles. The van der Waals surface area contributed by atoms with E-state index in [0.29, 0.717) is 23.6 Å². The molecule has 0 spiro atoms. The van der Waals surface area contributed by atoms with E-state index in [1.165, 1.54) is 0 Å². The third kappa shape index (κ3) is 5.33. The summed E-state index contributed by atoms with van der Waals surface area (Å²) >= 11 is 0. The van der Waals surface area contributed by atoms with Crippen LogP contribution in [0.5, 0.6) is 0 Å². The second-order valence-corrected chi connectivity index (χ2v) is 9.70. The van der Waals surface area contributed by atoms with E-state index < -0.39 is 15.6 Å². The molecule has 7 nitrogen and oxygen atoms in total. The molecule has 156 valence electrons. The summed E-state index contributed by atoms with van der Waals surface area (Å²) in [6.07, 6.45) is 6.02. The van der Waals surface area contributed by atoms with Gasteiger partial charge in [0.1, 0.15) is 11.4 Å². The van der Waals surface area contributed by atoms with Crippen molar-refractivity contribution >= 4 is 33.8 Å². The third-order valence-corrected chi connectivity index (χ3v) is 6.71. The van der Waals surface area contributed by atoms with Crippen LogP contribution >= 0.6 is 0 Å². The standard InChI is InChI=1S/C21H27N3O4S/c1-5-21(3,4)24-29(26,27)17-11-6-15(7-12-17)8-13-18-19(14(2)23-28-18)22-20(25)16-9-10-16/h6-8,11-13,16,24H,5,9-10H2,1-4H3,(H,22,25). The zero-order valence-corrected chi connectivity index (χ0v) is 18.0. The minimum absolute atomic E-state index is 0.0111. The molecule has 0 radical (unpaired) electrons. The predicted molar refractivity (Wildman–Crippen MR) is 113 cm³/mol. The van der Waals surface area contributed by atoms with Crippen LogP contribution in [0.4, 0.5) is 5.69 Å². The molecule has 0 atom stereocenters. The zero-order valence-electron chi connectivity index (χ0n) is 17.2. The van der Waals surface area contributed by atoms with Gasteiger partial charge in [0, 0.05) is 11.5 Å². The Balaban J connectivity index is 1.73. The molecule has 3 rings (SSSR count). The molecule has 8 heteroatoms. The lowest BCUT2D eigenvalue weighted by atomic mass is 10.0. The molecule has 2 aromatic rings. The van der Waals surface area contributed by atoms with Crippen molar-refractivity contribution in [3.8, 4) is 0 Å². The monoisotopic (exact) mass is 417 g/mol. The van der Waals surface area contributed by atoms with E-state index in [2.05, 4.69) is 15.2 Å². The summed E-state index contributed by atoms with van der Waals surface area (Å²) in [5.41, 5.74) is 1.48. The number of carbonyl (C=O) groups is 1. The molecule has 1 fully saturated rings. The number of sulfonamides is 1. The number of benzene rings is 1. The molecule has 29 heavy (non-hydrogen) atoms. The Hall–Kier alpha value is -2.45. The molecule has 1 aliphatic rings. The lowest BCUT2D eigenvalue weighted by Crippen LogP contribution is -2.42. The summed E-state index contributed by atoms with van der Waals surface area (Å²) in [5.74, 6) is 0.532. The van der Waals surface area contributed by atoms with Crippen molar-refractivity contribution < 1.29 is 17.7 Å². The lowest BCUT2D eigenvalue weighted by Gasteiger charge is -2.24. The van der Waals surface area contributed by atoms with Crippen molar-refractivity contribution in [2.24, 2.45) is 5.92 Å². The van der Waals surface area contributed by atoms with Crippen LogP contribution in [0, 0.1) is 12.8 Å². The summed E-state index contributed by atoms with van der Waals surface area (Å²) in [7, 11) is -3.58. The molecular weight excluding hydrogens is 390 g/mol. The number of hydrogen-bond donors (Lipinski definition) is 2. The Morgan fingerprint density at radius 1 is 1.24 bits per heavy atom. The molecule has 1 amide bonds. The van der Waals surface area contributed by atoms with E-state index in [4.69, 9.17) is 4.52 Å². The highest BCUT2D eigenvalue weighted by molar-refractivity contribution is 7.89. The van der Waals surface area contributed by atoms with Crippen molar-refractivity contribution in [3.05, 3.63) is 41.3 Å². The number of rotatable bonds is 8. The number of aromatic nitrogens is 1. The number of nitrogens with zero attached hydrogens (tertiary/aromatic N) is 1. The first kappa shape index (κ1) is 21.3. The number of carbonyl (C=O) groups excluding carboxylic acids is 1. The van der Waals surface area contributed by atoms with Gasteiger partial charge in [-0.2, -0.15) is 0 Å². The fraction of sp³-hybridized carbons (Fsp3) is 0.429. The molecule has 0 aliphatic heterocycles. The van der Waals surface area contributed by atoms with Crippen LogP contribution in [0.1, 0.15) is 57.1 Å². The highest BCUT2D eigenvalue weighted by Gasteiger charge is 2.31. The Kier molecular flexibility index (Phi) is 5.95. The summed E-state index contributed by atoms with van der Waals surface area (Å²) in [6.45, 7) is 7.40. The fourth-order valence-electron chi connectivity index (χ4n) is 2.65. The molecule has 0 unspecified atom stereocenters. The molecule has 1 aromatic carbocycles. The number of amides is 1. The van der Waals surface area contributed by atoms with Crippen LogP contribution in [-0.4, -0.2) is 25.0 Å². The van der Waals surface area contributed by atoms with E-state index in [1.807, 2.05) is 20.8 Å². The van der Waals surface area contributed by atoms with Gasteiger partial charge < -0.3 is 9.84 Å². The average Bonchev–Trinajstić information content (AvgIpc) is 3.46. The Morgan fingerprint density at radius 2 is 1.90 bits per heavy atom. The van der Waals surface area contributed by atoms with Gasteiger partial charge in [-0.1, -0.05) is 30.3 Å². The second kappa shape index (κ2) is 8.12. The lowest BCUT2D eigenvalue weighted by molar-refractivity contribution is -0.117. The number of hydrogen-bond acceptors (Lipinski definition) is 5. The molecule has 1 heterocycles. The first-order valence-corrected chi connectivity index (χ1v) is 11.2. The van der Waals surface area contributed by atoms with Crippen LogP contribution < -0.4 is 10.0 Å². The number of aryl methyl sites for hydroxylation is 1. The van der Waals surface area contributed by atoms with Gasteiger partial charge in [-0.3, -0.25) is 4.79 Å². The minimum Gasteiger partial charge on any atom is -0.354 e. The van der Waals surface area contributed by atoms with Crippen molar-refractivity contribution in [2.45, 2.75) is 57.4 Å². The Labute approximate surface area is 171 Å². The topological polar surface area (TPSA) is 101 Å². The summed E-state index contributed by atoms with van der Waals surface area (Å²) in [5, 5.41) is 6.80. The molecule has 0 saturated heterocycles. The molecular formula is C21H27N3O4S. The first-order chi connectivity index (χ1) is 13.6. The molecule has 0 bridgehead atoms. The van der Waals surface area contributed by atoms with Gasteiger partial charge in [0.25, 0.3) is 0 Å². The summed E-state index contributed by atoms with van der Waals surface area (Å²) in [4.78, 5) is 12.2. The highest BCUT2D eigenvalue weighted by atomic mass is 32.2. The minimum atomic E-state index is -3.58. The van der Waals surface area contributed by atoms with Gasteiger partial charge in [-0.15, -0.1) is 0 Å². The maximum Gasteiger partial charge on any atom is 0.241 e. The number of nitrogens with one attached hydrogen (secondary N) is 2. The van der Waals surface area contributed by atoms with E-state index in [-0.39, 0.29) is 16.7 Å². The van der Waals surface area contributed by atoms with Crippen LogP contribution in [0.3, 0.4) is 0 Å².